The topological polar surface area (TPSA) is 68.3 Å². The van der Waals surface area contributed by atoms with E-state index in [1.807, 2.05) is 24.3 Å². The summed E-state index contributed by atoms with van der Waals surface area (Å²) < 4.78 is 24.6. The van der Waals surface area contributed by atoms with E-state index < -0.39 is 5.82 Å². The van der Waals surface area contributed by atoms with E-state index in [0.29, 0.717) is 12.2 Å². The third kappa shape index (κ3) is 3.79. The van der Waals surface area contributed by atoms with Crippen LogP contribution in [-0.4, -0.2) is 12.9 Å². The van der Waals surface area contributed by atoms with Crippen molar-refractivity contribution in [3.8, 4) is 5.75 Å². The van der Waals surface area contributed by atoms with Crippen LogP contribution in [0.1, 0.15) is 16.7 Å². The summed E-state index contributed by atoms with van der Waals surface area (Å²) in [6.45, 7) is 0.493. The first-order chi connectivity index (χ1) is 10.1. The summed E-state index contributed by atoms with van der Waals surface area (Å²) >= 11 is 0. The molecule has 0 aromatic heterocycles. The Morgan fingerprint density at radius 3 is 2.48 bits per heavy atom. The lowest BCUT2D eigenvalue weighted by atomic mass is 10.1. The third-order valence-corrected chi connectivity index (χ3v) is 3.05. The summed E-state index contributed by atoms with van der Waals surface area (Å²) in [5, 5.41) is 7.31. The van der Waals surface area contributed by atoms with Crippen LogP contribution in [-0.2, 0) is 18.0 Å². The number of hydrogen-bond acceptors (Lipinski definition) is 3. The van der Waals surface area contributed by atoms with Crippen LogP contribution in [0.15, 0.2) is 42.5 Å². The van der Waals surface area contributed by atoms with Gasteiger partial charge >= 0.3 is 0 Å². The Kier molecular flexibility index (Phi) is 4.90. The Labute approximate surface area is 122 Å². The van der Waals surface area contributed by atoms with Crippen molar-refractivity contribution < 1.29 is 13.9 Å². The summed E-state index contributed by atoms with van der Waals surface area (Å²) in [4.78, 5) is 0. The minimum Gasteiger partial charge on any atom is -0.497 e. The van der Waals surface area contributed by atoms with Gasteiger partial charge in [-0.1, -0.05) is 24.3 Å². The Hall–Kier alpha value is -2.40. The van der Waals surface area contributed by atoms with E-state index in [1.165, 1.54) is 6.07 Å². The van der Waals surface area contributed by atoms with E-state index in [1.54, 1.807) is 19.2 Å². The maximum Gasteiger partial charge on any atom is 0.139 e. The highest BCUT2D eigenvalue weighted by atomic mass is 19.1. The van der Waals surface area contributed by atoms with Crippen LogP contribution in [0.5, 0.6) is 5.75 Å². The minimum absolute atomic E-state index is 0.0977. The van der Waals surface area contributed by atoms with Crippen molar-refractivity contribution in [3.05, 3.63) is 65.0 Å². The summed E-state index contributed by atoms with van der Waals surface area (Å²) in [6, 6.07) is 12.2. The molecule has 0 atom stereocenters. The number of methoxy groups -OCH3 is 1. The molecule has 4 nitrogen and oxygen atoms in total. The van der Waals surface area contributed by atoms with Crippen molar-refractivity contribution in [1.82, 2.24) is 0 Å². The molecule has 0 saturated carbocycles. The predicted molar refractivity (Wildman–Crippen MR) is 78.9 cm³/mol. The number of ether oxygens (including phenoxy) is 2. The molecule has 21 heavy (non-hydrogen) atoms. The van der Waals surface area contributed by atoms with Crippen molar-refractivity contribution in [3.63, 3.8) is 0 Å². The average Bonchev–Trinajstić information content (AvgIpc) is 2.49. The molecule has 0 unspecified atom stereocenters. The van der Waals surface area contributed by atoms with E-state index in [9.17, 15) is 4.39 Å². The van der Waals surface area contributed by atoms with Crippen molar-refractivity contribution in [2.24, 2.45) is 5.73 Å². The molecule has 2 aromatic rings. The third-order valence-electron chi connectivity index (χ3n) is 3.05. The monoisotopic (exact) mass is 288 g/mol. The molecule has 2 aromatic carbocycles. The maximum atomic E-state index is 14.0. The SMILES string of the molecule is COc1ccc(COCc2cccc(C(=N)N)c2F)cc1. The van der Waals surface area contributed by atoms with Gasteiger partial charge in [0.1, 0.15) is 17.4 Å². The molecule has 3 N–H and O–H groups in total. The van der Waals surface area contributed by atoms with Crippen LogP contribution >= 0.6 is 0 Å². The smallest absolute Gasteiger partial charge is 0.139 e. The molecule has 0 aliphatic rings. The molecule has 0 fully saturated rings. The van der Waals surface area contributed by atoms with E-state index in [4.69, 9.17) is 20.6 Å². The maximum absolute atomic E-state index is 14.0. The van der Waals surface area contributed by atoms with Gasteiger partial charge < -0.3 is 15.2 Å². The van der Waals surface area contributed by atoms with Gasteiger partial charge in [-0.15, -0.1) is 0 Å². The van der Waals surface area contributed by atoms with E-state index in [0.717, 1.165) is 11.3 Å². The van der Waals surface area contributed by atoms with Crippen LogP contribution in [0.3, 0.4) is 0 Å². The predicted octanol–water partition coefficient (Wildman–Crippen LogP) is 2.84. The average molecular weight is 288 g/mol. The molecule has 0 amide bonds. The largest absolute Gasteiger partial charge is 0.497 e. The highest BCUT2D eigenvalue weighted by molar-refractivity contribution is 5.95. The number of amidine groups is 1. The van der Waals surface area contributed by atoms with Gasteiger partial charge in [0.2, 0.25) is 0 Å². The zero-order valence-electron chi connectivity index (χ0n) is 11.7. The number of halogens is 1. The van der Waals surface area contributed by atoms with Gasteiger partial charge in [0, 0.05) is 5.56 Å². The number of hydrogen-bond donors (Lipinski definition) is 2. The van der Waals surface area contributed by atoms with E-state index >= 15 is 0 Å². The van der Waals surface area contributed by atoms with Gasteiger partial charge in [0.15, 0.2) is 0 Å². The second-order valence-corrected chi connectivity index (χ2v) is 4.53. The highest BCUT2D eigenvalue weighted by Crippen LogP contribution is 2.16. The van der Waals surface area contributed by atoms with Gasteiger partial charge in [-0.2, -0.15) is 0 Å². The second-order valence-electron chi connectivity index (χ2n) is 4.53. The molecule has 0 bridgehead atoms. The van der Waals surface area contributed by atoms with Crippen molar-refractivity contribution in [2.45, 2.75) is 13.2 Å². The number of benzene rings is 2. The molecule has 5 heteroatoms. The molecule has 110 valence electrons. The second kappa shape index (κ2) is 6.85. The zero-order valence-corrected chi connectivity index (χ0v) is 11.7. The molecule has 0 radical (unpaired) electrons. The molecule has 0 saturated heterocycles. The lowest BCUT2D eigenvalue weighted by molar-refractivity contribution is 0.105. The Morgan fingerprint density at radius 2 is 1.86 bits per heavy atom. The first-order valence-electron chi connectivity index (χ1n) is 6.44. The van der Waals surface area contributed by atoms with E-state index in [2.05, 4.69) is 0 Å². The van der Waals surface area contributed by atoms with Gasteiger partial charge in [-0.25, -0.2) is 4.39 Å². The van der Waals surface area contributed by atoms with Crippen LogP contribution in [0.25, 0.3) is 0 Å². The van der Waals surface area contributed by atoms with Crippen LogP contribution in [0.4, 0.5) is 4.39 Å². The molecular weight excluding hydrogens is 271 g/mol. The number of nitrogen functional groups attached to an aromatic ring is 1. The lowest BCUT2D eigenvalue weighted by Crippen LogP contribution is -2.14. The summed E-state index contributed by atoms with van der Waals surface area (Å²) in [6.07, 6.45) is 0. The zero-order chi connectivity index (χ0) is 15.2. The van der Waals surface area contributed by atoms with Gasteiger partial charge in [-0.05, 0) is 23.8 Å². The molecule has 0 heterocycles. The Morgan fingerprint density at radius 1 is 1.14 bits per heavy atom. The van der Waals surface area contributed by atoms with E-state index in [-0.39, 0.29) is 18.0 Å². The van der Waals surface area contributed by atoms with Crippen LogP contribution < -0.4 is 10.5 Å². The Bertz CT molecular complexity index is 627. The Balaban J connectivity index is 1.97. The van der Waals surface area contributed by atoms with Crippen molar-refractivity contribution >= 4 is 5.84 Å². The first kappa shape index (κ1) is 15.0. The fourth-order valence-corrected chi connectivity index (χ4v) is 1.90. The lowest BCUT2D eigenvalue weighted by Gasteiger charge is -2.09. The summed E-state index contributed by atoms with van der Waals surface area (Å²) in [7, 11) is 1.61. The molecule has 0 aliphatic heterocycles. The normalized spacial score (nSPS) is 10.4. The fraction of sp³-hybridized carbons (Fsp3) is 0.188. The molecule has 0 spiro atoms. The van der Waals surface area contributed by atoms with Gasteiger partial charge in [0.05, 0.1) is 25.9 Å². The van der Waals surface area contributed by atoms with Crippen LogP contribution in [0.2, 0.25) is 0 Å². The molecule has 2 rings (SSSR count). The van der Waals surface area contributed by atoms with Gasteiger partial charge in [-0.3, -0.25) is 5.41 Å². The van der Waals surface area contributed by atoms with Crippen molar-refractivity contribution in [2.75, 3.05) is 7.11 Å². The number of rotatable bonds is 6. The first-order valence-corrected chi connectivity index (χ1v) is 6.44. The number of nitrogens with one attached hydrogen (secondary N) is 1. The summed E-state index contributed by atoms with van der Waals surface area (Å²) in [5.41, 5.74) is 6.78. The molecule has 0 aliphatic carbocycles. The minimum atomic E-state index is -0.500. The van der Waals surface area contributed by atoms with Crippen molar-refractivity contribution in [1.29, 1.82) is 5.41 Å². The van der Waals surface area contributed by atoms with Gasteiger partial charge in [0.25, 0.3) is 0 Å². The fourth-order valence-electron chi connectivity index (χ4n) is 1.90. The highest BCUT2D eigenvalue weighted by Gasteiger charge is 2.10. The quantitative estimate of drug-likeness (QED) is 0.634. The van der Waals surface area contributed by atoms with Crippen LogP contribution in [0, 0.1) is 11.2 Å². The number of nitrogens with two attached hydrogens (primary N) is 1. The molecular formula is C16H17FN2O2. The summed E-state index contributed by atoms with van der Waals surface area (Å²) in [5.74, 6) is -0.0109. The standard InChI is InChI=1S/C16H17FN2O2/c1-20-13-7-5-11(6-8-13)9-21-10-12-3-2-4-14(15(12)17)16(18)19/h2-8H,9-10H2,1H3,(H3,18,19).